The van der Waals surface area contributed by atoms with E-state index in [1.807, 2.05) is 31.2 Å². The maximum atomic E-state index is 8.81. The van der Waals surface area contributed by atoms with Crippen LogP contribution >= 0.6 is 11.6 Å². The van der Waals surface area contributed by atoms with E-state index in [9.17, 15) is 0 Å². The predicted octanol–water partition coefficient (Wildman–Crippen LogP) is 3.01. The lowest BCUT2D eigenvalue weighted by Gasteiger charge is -2.28. The molecule has 0 aliphatic carbocycles. The normalized spacial score (nSPS) is 14.5. The second-order valence-corrected chi connectivity index (χ2v) is 8.26. The summed E-state index contributed by atoms with van der Waals surface area (Å²) < 4.78 is 4.26. The molecule has 0 saturated carbocycles. The predicted molar refractivity (Wildman–Crippen MR) is 120 cm³/mol. The van der Waals surface area contributed by atoms with Crippen molar-refractivity contribution in [3.8, 4) is 0 Å². The summed E-state index contributed by atoms with van der Waals surface area (Å²) >= 11 is 6.22. The molecule has 8 heteroatoms. The highest BCUT2D eigenvalue weighted by Crippen LogP contribution is 2.25. The lowest BCUT2D eigenvalue weighted by Crippen LogP contribution is -2.55. The van der Waals surface area contributed by atoms with E-state index in [1.54, 1.807) is 0 Å². The zero-order valence-corrected chi connectivity index (χ0v) is 17.6. The molecule has 1 aliphatic rings. The number of pyridine rings is 1. The van der Waals surface area contributed by atoms with Crippen LogP contribution in [0.1, 0.15) is 23.5 Å². The highest BCUT2D eigenvalue weighted by Gasteiger charge is 2.19. The van der Waals surface area contributed by atoms with Crippen LogP contribution < -0.4 is 10.6 Å². The monoisotopic (exact) mass is 421 g/mol. The van der Waals surface area contributed by atoms with Crippen molar-refractivity contribution in [2.24, 2.45) is 0 Å². The van der Waals surface area contributed by atoms with Gasteiger partial charge in [0.05, 0.1) is 22.4 Å². The van der Waals surface area contributed by atoms with Crippen LogP contribution in [0.2, 0.25) is 5.02 Å². The van der Waals surface area contributed by atoms with E-state index in [4.69, 9.17) is 17.0 Å². The zero-order valence-electron chi connectivity index (χ0n) is 16.8. The first-order chi connectivity index (χ1) is 14.6. The number of aromatic nitrogens is 4. The molecule has 0 bridgehead atoms. The van der Waals surface area contributed by atoms with Crippen LogP contribution in [0.5, 0.6) is 0 Å². The minimum atomic E-state index is 0.523. The topological polar surface area (TPSA) is 83.0 Å². The van der Waals surface area contributed by atoms with Crippen molar-refractivity contribution < 1.29 is 0 Å². The highest BCUT2D eigenvalue weighted by atomic mass is 35.5. The zero-order chi connectivity index (χ0) is 20.7. The van der Waals surface area contributed by atoms with Gasteiger partial charge in [-0.25, -0.2) is 0 Å². The Bertz CT molecular complexity index is 1240. The molecule has 3 aromatic heterocycles. The van der Waals surface area contributed by atoms with Crippen molar-refractivity contribution in [1.29, 1.82) is 5.41 Å². The average Bonchev–Trinajstić information content (AvgIpc) is 3.24. The number of benzene rings is 1. The van der Waals surface area contributed by atoms with Gasteiger partial charge in [-0.3, -0.25) is 4.40 Å². The Morgan fingerprint density at radius 3 is 2.83 bits per heavy atom. The molecule has 7 nitrogen and oxygen atoms in total. The Morgan fingerprint density at radius 1 is 1.20 bits per heavy atom. The van der Waals surface area contributed by atoms with Crippen molar-refractivity contribution >= 4 is 34.0 Å². The first-order valence-corrected chi connectivity index (χ1v) is 10.6. The quantitative estimate of drug-likeness (QED) is 0.400. The van der Waals surface area contributed by atoms with Gasteiger partial charge in [-0.15, -0.1) is 10.2 Å². The van der Waals surface area contributed by atoms with Crippen molar-refractivity contribution in [3.05, 3.63) is 64.6 Å². The molecule has 0 spiro atoms. The summed E-state index contributed by atoms with van der Waals surface area (Å²) in [6.07, 6.45) is 0.673. The van der Waals surface area contributed by atoms with E-state index in [0.717, 1.165) is 58.4 Å². The second-order valence-electron chi connectivity index (χ2n) is 7.83. The summed E-state index contributed by atoms with van der Waals surface area (Å²) in [7, 11) is 0. The summed E-state index contributed by atoms with van der Waals surface area (Å²) in [5.74, 6) is 0.840. The van der Waals surface area contributed by atoms with E-state index in [0.29, 0.717) is 24.7 Å². The Kier molecular flexibility index (Phi) is 5.02. The molecular weight excluding hydrogens is 398 g/mol. The van der Waals surface area contributed by atoms with Gasteiger partial charge in [-0.2, -0.15) is 0 Å². The van der Waals surface area contributed by atoms with Crippen LogP contribution in [-0.4, -0.2) is 50.6 Å². The SMILES string of the molecule is Cc1nnc2ccc3c(cc(C(=N)CCNC4CNC4)n3Cc3cccc(Cl)c3)n12. The highest BCUT2D eigenvalue weighted by molar-refractivity contribution is 6.30. The van der Waals surface area contributed by atoms with Gasteiger partial charge >= 0.3 is 0 Å². The number of hydrogen-bond acceptors (Lipinski definition) is 5. The van der Waals surface area contributed by atoms with Gasteiger partial charge in [-0.1, -0.05) is 23.7 Å². The van der Waals surface area contributed by atoms with E-state index < -0.39 is 0 Å². The molecule has 0 radical (unpaired) electrons. The molecule has 0 unspecified atom stereocenters. The third-order valence-corrected chi connectivity index (χ3v) is 5.96. The van der Waals surface area contributed by atoms with Crippen LogP contribution in [0.15, 0.2) is 42.5 Å². The lowest BCUT2D eigenvalue weighted by atomic mass is 10.1. The van der Waals surface area contributed by atoms with E-state index in [2.05, 4.69) is 48.0 Å². The van der Waals surface area contributed by atoms with Crippen molar-refractivity contribution in [2.75, 3.05) is 19.6 Å². The molecule has 1 saturated heterocycles. The van der Waals surface area contributed by atoms with Gasteiger partial charge in [0.1, 0.15) is 5.82 Å². The van der Waals surface area contributed by atoms with Gasteiger partial charge in [0.2, 0.25) is 0 Å². The lowest BCUT2D eigenvalue weighted by molar-refractivity contribution is 0.371. The Hall–Kier alpha value is -2.74. The largest absolute Gasteiger partial charge is 0.334 e. The van der Waals surface area contributed by atoms with Crippen molar-refractivity contribution in [1.82, 2.24) is 29.8 Å². The standard InChI is InChI=1S/C22H24ClN7/c1-14-27-28-22-6-5-19-21(30(14)22)10-20(18(24)7-8-26-17-11-25-12-17)29(19)13-15-3-2-4-16(23)9-15/h2-6,9-10,17,24-26H,7-8,11-13H2,1H3. The van der Waals surface area contributed by atoms with E-state index in [-0.39, 0.29) is 0 Å². The number of fused-ring (bicyclic) bond motifs is 3. The fourth-order valence-electron chi connectivity index (χ4n) is 4.04. The third kappa shape index (κ3) is 3.49. The fraction of sp³-hybridized carbons (Fsp3) is 0.318. The second kappa shape index (κ2) is 7.83. The molecule has 154 valence electrons. The number of halogens is 1. The van der Waals surface area contributed by atoms with Gasteiger partial charge < -0.3 is 20.6 Å². The van der Waals surface area contributed by atoms with Crippen LogP contribution in [0.4, 0.5) is 0 Å². The molecule has 30 heavy (non-hydrogen) atoms. The maximum absolute atomic E-state index is 8.81. The van der Waals surface area contributed by atoms with Gasteiger partial charge in [0.15, 0.2) is 5.65 Å². The first kappa shape index (κ1) is 19.2. The van der Waals surface area contributed by atoms with Gasteiger partial charge in [-0.05, 0) is 42.8 Å². The number of rotatable bonds is 7. The first-order valence-electron chi connectivity index (χ1n) is 10.2. The molecule has 1 fully saturated rings. The minimum Gasteiger partial charge on any atom is -0.334 e. The molecule has 0 atom stereocenters. The summed E-state index contributed by atoms with van der Waals surface area (Å²) in [5.41, 5.74) is 5.53. The van der Waals surface area contributed by atoms with E-state index in [1.165, 1.54) is 0 Å². The molecule has 1 aliphatic heterocycles. The maximum Gasteiger partial charge on any atom is 0.161 e. The van der Waals surface area contributed by atoms with Crippen molar-refractivity contribution in [2.45, 2.75) is 25.9 Å². The number of hydrogen-bond donors (Lipinski definition) is 3. The molecule has 5 rings (SSSR count). The van der Waals surface area contributed by atoms with E-state index >= 15 is 0 Å². The summed E-state index contributed by atoms with van der Waals surface area (Å²) in [4.78, 5) is 0. The summed E-state index contributed by atoms with van der Waals surface area (Å²) in [6, 6.07) is 14.6. The summed E-state index contributed by atoms with van der Waals surface area (Å²) in [5, 5.41) is 24.8. The molecule has 1 aromatic carbocycles. The van der Waals surface area contributed by atoms with Crippen LogP contribution in [0.25, 0.3) is 16.7 Å². The van der Waals surface area contributed by atoms with Crippen molar-refractivity contribution in [3.63, 3.8) is 0 Å². The Balaban J connectivity index is 1.55. The van der Waals surface area contributed by atoms with Crippen LogP contribution in [0, 0.1) is 12.3 Å². The van der Waals surface area contributed by atoms with Crippen LogP contribution in [0.3, 0.4) is 0 Å². The number of nitrogens with zero attached hydrogens (tertiary/aromatic N) is 4. The number of aryl methyl sites for hydroxylation is 1. The number of nitrogens with one attached hydrogen (secondary N) is 3. The molecule has 4 aromatic rings. The molecular formula is C22H24ClN7. The minimum absolute atomic E-state index is 0.523. The average molecular weight is 422 g/mol. The smallest absolute Gasteiger partial charge is 0.161 e. The Labute approximate surface area is 179 Å². The molecule has 0 amide bonds. The van der Waals surface area contributed by atoms with Gasteiger partial charge in [0, 0.05) is 43.7 Å². The molecule has 3 N–H and O–H groups in total. The van der Waals surface area contributed by atoms with Gasteiger partial charge in [0.25, 0.3) is 0 Å². The third-order valence-electron chi connectivity index (χ3n) is 5.73. The molecule has 4 heterocycles. The Morgan fingerprint density at radius 2 is 2.07 bits per heavy atom. The fourth-order valence-corrected chi connectivity index (χ4v) is 4.26. The van der Waals surface area contributed by atoms with Crippen LogP contribution in [-0.2, 0) is 6.54 Å². The summed E-state index contributed by atoms with van der Waals surface area (Å²) in [6.45, 7) is 5.41.